The first-order chi connectivity index (χ1) is 9.89. The molecule has 0 bridgehead atoms. The summed E-state index contributed by atoms with van der Waals surface area (Å²) in [6.07, 6.45) is 0. The van der Waals surface area contributed by atoms with Gasteiger partial charge in [0.15, 0.2) is 0 Å². The van der Waals surface area contributed by atoms with Gasteiger partial charge in [0.2, 0.25) is 10.0 Å². The van der Waals surface area contributed by atoms with Crippen LogP contribution >= 0.6 is 15.9 Å². The molecule has 0 radical (unpaired) electrons. The van der Waals surface area contributed by atoms with Crippen LogP contribution in [0.4, 0.5) is 4.79 Å². The number of rotatable bonds is 2. The zero-order valence-corrected chi connectivity index (χ0v) is 13.9. The number of aryl methyl sites for hydroxylation is 1. The number of amides is 2. The monoisotopic (exact) mass is 373 g/mol. The van der Waals surface area contributed by atoms with Crippen molar-refractivity contribution < 1.29 is 13.2 Å². The molecular weight excluding hydrogens is 358 g/mol. The molecule has 21 heavy (non-hydrogen) atoms. The van der Waals surface area contributed by atoms with E-state index in [4.69, 9.17) is 0 Å². The van der Waals surface area contributed by atoms with Gasteiger partial charge in [0.25, 0.3) is 0 Å². The molecule has 2 saturated heterocycles. The fourth-order valence-corrected chi connectivity index (χ4v) is 5.37. The Balaban J connectivity index is 1.87. The molecule has 6 nitrogen and oxygen atoms in total. The van der Waals surface area contributed by atoms with Crippen molar-refractivity contribution in [3.63, 3.8) is 0 Å². The summed E-state index contributed by atoms with van der Waals surface area (Å²) in [7, 11) is -3.54. The van der Waals surface area contributed by atoms with Crippen LogP contribution in [0.15, 0.2) is 27.6 Å². The Kier molecular flexibility index (Phi) is 3.71. The van der Waals surface area contributed by atoms with E-state index in [0.717, 1.165) is 5.56 Å². The topological polar surface area (TPSA) is 69.7 Å². The predicted molar refractivity (Wildman–Crippen MR) is 81.5 cm³/mol. The fraction of sp³-hybridized carbons (Fsp3) is 0.462. The molecular formula is C13H16BrN3O3S. The Labute approximate surface area is 132 Å². The molecule has 8 heteroatoms. The smallest absolute Gasteiger partial charge is 0.317 e. The summed E-state index contributed by atoms with van der Waals surface area (Å²) < 4.78 is 27.6. The number of halogens is 1. The normalized spacial score (nSPS) is 23.0. The number of hydrogen-bond donors (Lipinski definition) is 1. The molecule has 0 saturated carbocycles. The highest BCUT2D eigenvalue weighted by Gasteiger charge is 2.40. The maximum atomic E-state index is 12.8. The standard InChI is InChI=1S/C13H16BrN3O3S/c1-9-2-3-12(11(14)6-9)21(19,20)16-4-5-17-10(8-16)7-15-13(17)18/h2-3,6,10H,4-5,7-8H2,1H3,(H,15,18). The third-order valence-corrected chi connectivity index (χ3v) is 6.74. The van der Waals surface area contributed by atoms with E-state index in [1.807, 2.05) is 6.92 Å². The maximum absolute atomic E-state index is 12.8. The summed E-state index contributed by atoms with van der Waals surface area (Å²) in [5.41, 5.74) is 0.997. The van der Waals surface area contributed by atoms with Gasteiger partial charge in [0.1, 0.15) is 0 Å². The number of nitrogens with zero attached hydrogens (tertiary/aromatic N) is 2. The number of hydrogen-bond acceptors (Lipinski definition) is 3. The van der Waals surface area contributed by atoms with Gasteiger partial charge in [0, 0.05) is 30.7 Å². The van der Waals surface area contributed by atoms with E-state index in [9.17, 15) is 13.2 Å². The number of fused-ring (bicyclic) bond motifs is 1. The van der Waals surface area contributed by atoms with Gasteiger partial charge in [0.05, 0.1) is 10.9 Å². The van der Waals surface area contributed by atoms with Crippen LogP contribution in [0.1, 0.15) is 5.56 Å². The fourth-order valence-electron chi connectivity index (χ4n) is 2.75. The zero-order chi connectivity index (χ0) is 15.2. The zero-order valence-electron chi connectivity index (χ0n) is 11.5. The van der Waals surface area contributed by atoms with Crippen LogP contribution in [0, 0.1) is 6.92 Å². The summed E-state index contributed by atoms with van der Waals surface area (Å²) in [5.74, 6) is 0. The summed E-state index contributed by atoms with van der Waals surface area (Å²) >= 11 is 3.33. The summed E-state index contributed by atoms with van der Waals surface area (Å²) in [5, 5.41) is 2.75. The largest absolute Gasteiger partial charge is 0.336 e. The van der Waals surface area contributed by atoms with Crippen LogP contribution in [0.25, 0.3) is 0 Å². The SMILES string of the molecule is Cc1ccc(S(=O)(=O)N2CCN3C(=O)NCC3C2)c(Br)c1. The number of urea groups is 1. The van der Waals surface area contributed by atoms with E-state index in [1.54, 1.807) is 23.1 Å². The Bertz CT molecular complexity index is 692. The lowest BCUT2D eigenvalue weighted by molar-refractivity contribution is 0.164. The lowest BCUT2D eigenvalue weighted by atomic mass is 10.2. The summed E-state index contributed by atoms with van der Waals surface area (Å²) in [6.45, 7) is 3.50. The van der Waals surface area contributed by atoms with E-state index in [0.29, 0.717) is 30.7 Å². The van der Waals surface area contributed by atoms with Crippen LogP contribution in [-0.2, 0) is 10.0 Å². The van der Waals surface area contributed by atoms with Crippen LogP contribution < -0.4 is 5.32 Å². The van der Waals surface area contributed by atoms with Crippen LogP contribution in [0.5, 0.6) is 0 Å². The molecule has 0 spiro atoms. The molecule has 1 atom stereocenters. The van der Waals surface area contributed by atoms with Crippen molar-refractivity contribution in [1.29, 1.82) is 0 Å². The van der Waals surface area contributed by atoms with Crippen molar-refractivity contribution in [2.24, 2.45) is 0 Å². The summed E-state index contributed by atoms with van der Waals surface area (Å²) in [4.78, 5) is 13.5. The molecule has 0 aliphatic carbocycles. The average Bonchev–Trinajstić information content (AvgIpc) is 2.79. The van der Waals surface area contributed by atoms with Gasteiger partial charge in [-0.1, -0.05) is 6.07 Å². The lowest BCUT2D eigenvalue weighted by Gasteiger charge is -2.35. The Morgan fingerprint density at radius 2 is 2.10 bits per heavy atom. The lowest BCUT2D eigenvalue weighted by Crippen LogP contribution is -2.53. The quantitative estimate of drug-likeness (QED) is 0.845. The van der Waals surface area contributed by atoms with Gasteiger partial charge < -0.3 is 10.2 Å². The number of sulfonamides is 1. The number of benzene rings is 1. The van der Waals surface area contributed by atoms with Gasteiger partial charge in [-0.2, -0.15) is 4.31 Å². The van der Waals surface area contributed by atoms with Gasteiger partial charge >= 0.3 is 6.03 Å². The van der Waals surface area contributed by atoms with E-state index in [1.165, 1.54) is 4.31 Å². The van der Waals surface area contributed by atoms with Crippen molar-refractivity contribution in [2.45, 2.75) is 17.9 Å². The minimum Gasteiger partial charge on any atom is -0.336 e. The molecule has 114 valence electrons. The Hall–Kier alpha value is -1.12. The first kappa shape index (κ1) is 14.8. The van der Waals surface area contributed by atoms with E-state index in [-0.39, 0.29) is 17.0 Å². The van der Waals surface area contributed by atoms with E-state index in [2.05, 4.69) is 21.2 Å². The molecule has 2 amide bonds. The highest BCUT2D eigenvalue weighted by molar-refractivity contribution is 9.10. The highest BCUT2D eigenvalue weighted by atomic mass is 79.9. The number of piperazine rings is 1. The van der Waals surface area contributed by atoms with Crippen molar-refractivity contribution in [2.75, 3.05) is 26.2 Å². The molecule has 1 N–H and O–H groups in total. The minimum absolute atomic E-state index is 0.0785. The van der Waals surface area contributed by atoms with Crippen molar-refractivity contribution in [3.05, 3.63) is 28.2 Å². The van der Waals surface area contributed by atoms with Gasteiger partial charge in [-0.25, -0.2) is 13.2 Å². The third-order valence-electron chi connectivity index (χ3n) is 3.90. The van der Waals surface area contributed by atoms with Crippen molar-refractivity contribution in [3.8, 4) is 0 Å². The molecule has 2 aliphatic rings. The summed E-state index contributed by atoms with van der Waals surface area (Å²) in [6, 6.07) is 5.02. The number of carbonyl (C=O) groups excluding carboxylic acids is 1. The second kappa shape index (κ2) is 5.26. The van der Waals surface area contributed by atoms with Gasteiger partial charge in [-0.05, 0) is 40.5 Å². The molecule has 1 aromatic carbocycles. The van der Waals surface area contributed by atoms with Crippen LogP contribution in [0.3, 0.4) is 0 Å². The Morgan fingerprint density at radius 3 is 2.81 bits per heavy atom. The predicted octanol–water partition coefficient (Wildman–Crippen LogP) is 1.16. The molecule has 0 aromatic heterocycles. The molecule has 3 rings (SSSR count). The number of carbonyl (C=O) groups is 1. The molecule has 2 fully saturated rings. The molecule has 1 unspecified atom stereocenters. The first-order valence-electron chi connectivity index (χ1n) is 6.70. The molecule has 2 aliphatic heterocycles. The second-order valence-corrected chi connectivity index (χ2v) is 8.09. The van der Waals surface area contributed by atoms with Crippen LogP contribution in [0.2, 0.25) is 0 Å². The Morgan fingerprint density at radius 1 is 1.33 bits per heavy atom. The van der Waals surface area contributed by atoms with Crippen molar-refractivity contribution in [1.82, 2.24) is 14.5 Å². The second-order valence-electron chi connectivity index (χ2n) is 5.33. The highest BCUT2D eigenvalue weighted by Crippen LogP contribution is 2.28. The van der Waals surface area contributed by atoms with E-state index >= 15 is 0 Å². The maximum Gasteiger partial charge on any atom is 0.317 e. The first-order valence-corrected chi connectivity index (χ1v) is 8.93. The molecule has 1 aromatic rings. The van der Waals surface area contributed by atoms with Crippen molar-refractivity contribution >= 4 is 32.0 Å². The average molecular weight is 374 g/mol. The third kappa shape index (κ3) is 2.56. The van der Waals surface area contributed by atoms with Gasteiger partial charge in [-0.3, -0.25) is 0 Å². The minimum atomic E-state index is -3.54. The molecule has 2 heterocycles. The number of nitrogens with one attached hydrogen (secondary N) is 1. The van der Waals surface area contributed by atoms with E-state index < -0.39 is 10.0 Å². The van der Waals surface area contributed by atoms with Crippen LogP contribution in [-0.4, -0.2) is 55.9 Å². The van der Waals surface area contributed by atoms with Gasteiger partial charge in [-0.15, -0.1) is 0 Å².